The minimum absolute atomic E-state index is 0.544. The van der Waals surface area contributed by atoms with Gasteiger partial charge < -0.3 is 9.88 Å². The Morgan fingerprint density at radius 3 is 3.06 bits per heavy atom. The quantitative estimate of drug-likeness (QED) is 0.910. The van der Waals surface area contributed by atoms with E-state index in [1.807, 2.05) is 11.8 Å². The fourth-order valence-corrected chi connectivity index (χ4v) is 4.23. The van der Waals surface area contributed by atoms with Crippen molar-refractivity contribution in [2.75, 3.05) is 12.8 Å². The van der Waals surface area contributed by atoms with Crippen LogP contribution < -0.4 is 5.32 Å². The molecule has 1 N–H and O–H groups in total. The molecule has 1 saturated carbocycles. The number of hydrogen-bond donors (Lipinski definition) is 1. The van der Waals surface area contributed by atoms with Crippen LogP contribution >= 0.6 is 11.8 Å². The molecule has 3 atom stereocenters. The molecule has 1 saturated heterocycles. The Kier molecular flexibility index (Phi) is 3.94. The summed E-state index contributed by atoms with van der Waals surface area (Å²) >= 11 is 2.04. The van der Waals surface area contributed by atoms with E-state index < -0.39 is 0 Å². The summed E-state index contributed by atoms with van der Waals surface area (Å²) in [5, 5.41) is 4.44. The van der Waals surface area contributed by atoms with Gasteiger partial charge in [-0.15, -0.1) is 0 Å². The van der Waals surface area contributed by atoms with E-state index in [2.05, 4.69) is 33.6 Å². The van der Waals surface area contributed by atoms with Gasteiger partial charge in [-0.05, 0) is 44.9 Å². The summed E-state index contributed by atoms with van der Waals surface area (Å²) in [5.41, 5.74) is 1.42. The fourth-order valence-electron chi connectivity index (χ4n) is 3.41. The first kappa shape index (κ1) is 12.5. The zero-order valence-electron chi connectivity index (χ0n) is 11.1. The first-order valence-electron chi connectivity index (χ1n) is 7.16. The molecule has 0 aromatic carbocycles. The average molecular weight is 265 g/mol. The van der Waals surface area contributed by atoms with Crippen molar-refractivity contribution in [3.05, 3.63) is 18.2 Å². The number of thioether (sulfide) groups is 1. The molecule has 3 nitrogen and oxygen atoms in total. The summed E-state index contributed by atoms with van der Waals surface area (Å²) in [6.45, 7) is 1.16. The number of imidazole rings is 1. The van der Waals surface area contributed by atoms with Crippen molar-refractivity contribution in [2.45, 2.75) is 55.9 Å². The van der Waals surface area contributed by atoms with Gasteiger partial charge in [0, 0.05) is 23.5 Å². The standard InChI is InChI=1S/C14H23N3S/c1-18-12-5-2-4-11(8-12)17-10-15-9-14(17)13-6-3-7-16-13/h9-13,16H,2-8H2,1H3. The molecule has 1 aromatic rings. The Morgan fingerprint density at radius 1 is 1.33 bits per heavy atom. The van der Waals surface area contributed by atoms with Crippen LogP contribution in [-0.4, -0.2) is 27.6 Å². The summed E-state index contributed by atoms with van der Waals surface area (Å²) in [4.78, 5) is 4.41. The van der Waals surface area contributed by atoms with Gasteiger partial charge in [-0.25, -0.2) is 4.98 Å². The van der Waals surface area contributed by atoms with Gasteiger partial charge in [0.25, 0.3) is 0 Å². The fraction of sp³-hybridized carbons (Fsp3) is 0.786. The van der Waals surface area contributed by atoms with Gasteiger partial charge in [0.1, 0.15) is 0 Å². The van der Waals surface area contributed by atoms with Gasteiger partial charge in [-0.1, -0.05) is 6.42 Å². The Balaban J connectivity index is 1.77. The lowest BCUT2D eigenvalue weighted by molar-refractivity contribution is 0.347. The van der Waals surface area contributed by atoms with Crippen LogP contribution in [0.2, 0.25) is 0 Å². The van der Waals surface area contributed by atoms with Crippen molar-refractivity contribution in [1.82, 2.24) is 14.9 Å². The molecule has 1 aliphatic carbocycles. The monoisotopic (exact) mass is 265 g/mol. The minimum atomic E-state index is 0.544. The molecule has 0 spiro atoms. The van der Waals surface area contributed by atoms with Gasteiger partial charge in [-0.2, -0.15) is 11.8 Å². The molecule has 18 heavy (non-hydrogen) atoms. The molecular formula is C14H23N3S. The van der Waals surface area contributed by atoms with E-state index in [4.69, 9.17) is 0 Å². The molecule has 2 aliphatic rings. The van der Waals surface area contributed by atoms with Crippen LogP contribution in [0.15, 0.2) is 12.5 Å². The lowest BCUT2D eigenvalue weighted by atomic mass is 9.94. The van der Waals surface area contributed by atoms with E-state index >= 15 is 0 Å². The third-order valence-electron chi connectivity index (χ3n) is 4.44. The zero-order valence-corrected chi connectivity index (χ0v) is 12.0. The Bertz CT molecular complexity index is 384. The normalized spacial score (nSPS) is 32.8. The summed E-state index contributed by atoms with van der Waals surface area (Å²) in [6, 6.07) is 1.22. The summed E-state index contributed by atoms with van der Waals surface area (Å²) in [5.74, 6) is 0. The highest BCUT2D eigenvalue weighted by Crippen LogP contribution is 2.36. The van der Waals surface area contributed by atoms with Crippen molar-refractivity contribution in [3.8, 4) is 0 Å². The molecule has 0 radical (unpaired) electrons. The maximum atomic E-state index is 4.41. The van der Waals surface area contributed by atoms with E-state index in [9.17, 15) is 0 Å². The number of nitrogens with one attached hydrogen (secondary N) is 1. The highest BCUT2D eigenvalue weighted by molar-refractivity contribution is 7.99. The first-order chi connectivity index (χ1) is 8.88. The Labute approximate surface area is 114 Å². The molecule has 4 heteroatoms. The van der Waals surface area contributed by atoms with Crippen LogP contribution in [0.1, 0.15) is 56.3 Å². The zero-order chi connectivity index (χ0) is 12.4. The molecule has 100 valence electrons. The van der Waals surface area contributed by atoms with Crippen LogP contribution in [0, 0.1) is 0 Å². The topological polar surface area (TPSA) is 29.9 Å². The molecule has 3 unspecified atom stereocenters. The molecule has 0 bridgehead atoms. The average Bonchev–Trinajstić information content (AvgIpc) is 3.09. The summed E-state index contributed by atoms with van der Waals surface area (Å²) in [7, 11) is 0. The van der Waals surface area contributed by atoms with E-state index in [0.29, 0.717) is 12.1 Å². The molecule has 1 aliphatic heterocycles. The molecule has 0 amide bonds. The number of hydrogen-bond acceptors (Lipinski definition) is 3. The smallest absolute Gasteiger partial charge is 0.0951 e. The number of rotatable bonds is 3. The van der Waals surface area contributed by atoms with E-state index in [1.54, 1.807) is 0 Å². The van der Waals surface area contributed by atoms with Crippen LogP contribution in [0.3, 0.4) is 0 Å². The highest BCUT2D eigenvalue weighted by Gasteiger charge is 2.27. The minimum Gasteiger partial charge on any atom is -0.330 e. The van der Waals surface area contributed by atoms with Gasteiger partial charge >= 0.3 is 0 Å². The van der Waals surface area contributed by atoms with Crippen molar-refractivity contribution in [3.63, 3.8) is 0 Å². The van der Waals surface area contributed by atoms with Crippen molar-refractivity contribution in [1.29, 1.82) is 0 Å². The van der Waals surface area contributed by atoms with Crippen molar-refractivity contribution in [2.24, 2.45) is 0 Å². The lowest BCUT2D eigenvalue weighted by Crippen LogP contribution is -2.24. The van der Waals surface area contributed by atoms with Gasteiger partial charge in [-0.3, -0.25) is 0 Å². The maximum Gasteiger partial charge on any atom is 0.0951 e. The first-order valence-corrected chi connectivity index (χ1v) is 8.45. The van der Waals surface area contributed by atoms with Crippen LogP contribution in [0.4, 0.5) is 0 Å². The molecular weight excluding hydrogens is 242 g/mol. The van der Waals surface area contributed by atoms with Gasteiger partial charge in [0.05, 0.1) is 12.0 Å². The number of aromatic nitrogens is 2. The SMILES string of the molecule is CSC1CCCC(n2cncc2C2CCCN2)C1. The van der Waals surface area contributed by atoms with E-state index in [0.717, 1.165) is 11.8 Å². The molecule has 2 heterocycles. The number of nitrogens with zero attached hydrogens (tertiary/aromatic N) is 2. The second kappa shape index (κ2) is 5.66. The summed E-state index contributed by atoms with van der Waals surface area (Å²) in [6.07, 6.45) is 14.4. The Hall–Kier alpha value is -0.480. The van der Waals surface area contributed by atoms with Gasteiger partial charge in [0.2, 0.25) is 0 Å². The highest BCUT2D eigenvalue weighted by atomic mass is 32.2. The Morgan fingerprint density at radius 2 is 2.28 bits per heavy atom. The second-order valence-corrected chi connectivity index (χ2v) is 6.69. The van der Waals surface area contributed by atoms with Gasteiger partial charge in [0.15, 0.2) is 0 Å². The maximum absolute atomic E-state index is 4.41. The molecule has 3 rings (SSSR count). The molecule has 2 fully saturated rings. The van der Waals surface area contributed by atoms with Crippen LogP contribution in [0.5, 0.6) is 0 Å². The van der Waals surface area contributed by atoms with E-state index in [-0.39, 0.29) is 0 Å². The molecule has 1 aromatic heterocycles. The predicted octanol–water partition coefficient (Wildman–Crippen LogP) is 3.15. The lowest BCUT2D eigenvalue weighted by Gasteiger charge is -2.31. The largest absolute Gasteiger partial charge is 0.330 e. The van der Waals surface area contributed by atoms with Crippen molar-refractivity contribution < 1.29 is 0 Å². The second-order valence-electron chi connectivity index (χ2n) is 5.55. The third kappa shape index (κ3) is 2.45. The predicted molar refractivity (Wildman–Crippen MR) is 77.0 cm³/mol. The third-order valence-corrected chi connectivity index (χ3v) is 5.53. The van der Waals surface area contributed by atoms with Crippen molar-refractivity contribution >= 4 is 11.8 Å². The summed E-state index contributed by atoms with van der Waals surface area (Å²) < 4.78 is 2.46. The van der Waals surface area contributed by atoms with Crippen LogP contribution in [0.25, 0.3) is 0 Å². The van der Waals surface area contributed by atoms with E-state index in [1.165, 1.54) is 44.2 Å². The van der Waals surface area contributed by atoms with Crippen LogP contribution in [-0.2, 0) is 0 Å².